The Labute approximate surface area is 95.7 Å². The molecule has 0 aliphatic rings. The smallest absolute Gasteiger partial charge is 0.119 e. The van der Waals surface area contributed by atoms with E-state index in [0.29, 0.717) is 0 Å². The van der Waals surface area contributed by atoms with E-state index in [2.05, 4.69) is 34.8 Å². The van der Waals surface area contributed by atoms with E-state index < -0.39 is 8.24 Å². The maximum Gasteiger partial charge on any atom is 0.119 e. The molecular weight excluding hydrogens is 204 g/mol. The first-order chi connectivity index (χ1) is 7.02. The van der Waals surface area contributed by atoms with Crippen molar-refractivity contribution in [2.45, 2.75) is 19.6 Å². The van der Waals surface area contributed by atoms with Crippen molar-refractivity contribution in [1.82, 2.24) is 15.2 Å². The summed E-state index contributed by atoms with van der Waals surface area (Å²) in [5, 5.41) is 6.56. The molecule has 0 aliphatic heterocycles. The monoisotopic (exact) mass is 232 g/mol. The lowest BCUT2D eigenvalue weighted by Gasteiger charge is -2.34. The second kappa shape index (κ2) is 8.24. The van der Waals surface area contributed by atoms with Crippen molar-refractivity contribution in [3.05, 3.63) is 0 Å². The molecule has 15 heavy (non-hydrogen) atoms. The number of nitrogens with one attached hydrogen (secondary N) is 2. The Balaban J connectivity index is 3.81. The van der Waals surface area contributed by atoms with Gasteiger partial charge >= 0.3 is 0 Å². The van der Waals surface area contributed by atoms with Crippen LogP contribution in [0.4, 0.5) is 0 Å². The Morgan fingerprint density at radius 3 is 2.13 bits per heavy atom. The Hall–Kier alpha value is 0.0569. The summed E-state index contributed by atoms with van der Waals surface area (Å²) in [5.41, 5.74) is 5.43. The van der Waals surface area contributed by atoms with Crippen LogP contribution in [0.3, 0.4) is 0 Å². The van der Waals surface area contributed by atoms with E-state index in [1.807, 2.05) is 7.05 Å². The van der Waals surface area contributed by atoms with Gasteiger partial charge in [0.15, 0.2) is 0 Å². The van der Waals surface area contributed by atoms with Crippen LogP contribution in [0.15, 0.2) is 0 Å². The van der Waals surface area contributed by atoms with Gasteiger partial charge in [-0.25, -0.2) is 0 Å². The molecule has 0 aromatic rings. The molecule has 0 saturated heterocycles. The molecule has 92 valence electrons. The molecule has 0 unspecified atom stereocenters. The van der Waals surface area contributed by atoms with Crippen molar-refractivity contribution < 1.29 is 0 Å². The molecule has 0 aliphatic carbocycles. The van der Waals surface area contributed by atoms with Gasteiger partial charge in [0.25, 0.3) is 0 Å². The van der Waals surface area contributed by atoms with Crippen molar-refractivity contribution in [3.8, 4) is 0 Å². The fraction of sp³-hybridized carbons (Fsp3) is 1.00. The lowest BCUT2D eigenvalue weighted by Crippen LogP contribution is -2.51. The van der Waals surface area contributed by atoms with Crippen molar-refractivity contribution in [3.63, 3.8) is 0 Å². The zero-order valence-corrected chi connectivity index (χ0v) is 11.8. The fourth-order valence-corrected chi connectivity index (χ4v) is 3.04. The summed E-state index contributed by atoms with van der Waals surface area (Å²) in [5.74, 6) is 0. The molecule has 4 N–H and O–H groups in total. The number of hydrogen-bond acceptors (Lipinski definition) is 4. The SMILES string of the molecule is CNCCN(CCNCCN)[Si](C)(C)C. The van der Waals surface area contributed by atoms with Gasteiger partial charge in [0.1, 0.15) is 8.24 Å². The number of likely N-dealkylation sites (N-methyl/N-ethyl adjacent to an activating group) is 1. The highest BCUT2D eigenvalue weighted by atomic mass is 28.3. The summed E-state index contributed by atoms with van der Waals surface area (Å²) in [4.78, 5) is 0. The number of hydrogen-bond donors (Lipinski definition) is 3. The molecule has 5 heteroatoms. The highest BCUT2D eigenvalue weighted by molar-refractivity contribution is 6.73. The highest BCUT2D eigenvalue weighted by Crippen LogP contribution is 2.07. The maximum absolute atomic E-state index is 5.43. The van der Waals surface area contributed by atoms with E-state index in [-0.39, 0.29) is 0 Å². The molecule has 0 aromatic carbocycles. The largest absolute Gasteiger partial charge is 0.329 e. The Bertz CT molecular complexity index is 147. The van der Waals surface area contributed by atoms with E-state index >= 15 is 0 Å². The standard InChI is InChI=1S/C10H28N4Si/c1-12-7-9-14(15(2,3)4)10-8-13-6-5-11/h12-13H,5-11H2,1-4H3. The first kappa shape index (κ1) is 15.1. The van der Waals surface area contributed by atoms with Crippen LogP contribution < -0.4 is 16.4 Å². The molecule has 0 radical (unpaired) electrons. The minimum absolute atomic E-state index is 0.726. The third-order valence-corrected chi connectivity index (χ3v) is 4.80. The molecule has 4 nitrogen and oxygen atoms in total. The topological polar surface area (TPSA) is 53.3 Å². The molecule has 0 rings (SSSR count). The van der Waals surface area contributed by atoms with Gasteiger partial charge < -0.3 is 20.9 Å². The first-order valence-corrected chi connectivity index (χ1v) is 9.27. The lowest BCUT2D eigenvalue weighted by atomic mass is 10.5. The van der Waals surface area contributed by atoms with Crippen LogP contribution in [0, 0.1) is 0 Å². The van der Waals surface area contributed by atoms with Crippen LogP contribution in [-0.2, 0) is 0 Å². The molecule has 0 bridgehead atoms. The average molecular weight is 232 g/mol. The van der Waals surface area contributed by atoms with Gasteiger partial charge in [-0.15, -0.1) is 0 Å². The van der Waals surface area contributed by atoms with Gasteiger partial charge in [-0.05, 0) is 7.05 Å². The number of nitrogens with zero attached hydrogens (tertiary/aromatic N) is 1. The molecule has 0 amide bonds. The van der Waals surface area contributed by atoms with Crippen LogP contribution >= 0.6 is 0 Å². The van der Waals surface area contributed by atoms with E-state index in [9.17, 15) is 0 Å². The molecule has 0 atom stereocenters. The van der Waals surface area contributed by atoms with Gasteiger partial charge in [-0.2, -0.15) is 0 Å². The van der Waals surface area contributed by atoms with Gasteiger partial charge in [0.2, 0.25) is 0 Å². The highest BCUT2D eigenvalue weighted by Gasteiger charge is 2.22. The normalized spacial score (nSPS) is 12.4. The molecule has 0 spiro atoms. The van der Waals surface area contributed by atoms with Gasteiger partial charge in [0, 0.05) is 39.3 Å². The van der Waals surface area contributed by atoms with E-state index in [4.69, 9.17) is 5.73 Å². The Kier molecular flexibility index (Phi) is 8.27. The minimum atomic E-state index is -1.16. The second-order valence-electron chi connectivity index (χ2n) is 4.80. The summed E-state index contributed by atoms with van der Waals surface area (Å²) < 4.78 is 2.62. The van der Waals surface area contributed by atoms with Crippen LogP contribution in [0.1, 0.15) is 0 Å². The lowest BCUT2D eigenvalue weighted by molar-refractivity contribution is 0.413. The van der Waals surface area contributed by atoms with Gasteiger partial charge in [-0.1, -0.05) is 19.6 Å². The quantitative estimate of drug-likeness (QED) is 0.384. The second-order valence-corrected chi connectivity index (χ2v) is 9.77. The molecule has 0 aromatic heterocycles. The predicted octanol–water partition coefficient (Wildman–Crippen LogP) is -0.109. The zero-order valence-electron chi connectivity index (χ0n) is 10.8. The average Bonchev–Trinajstić information content (AvgIpc) is 2.15. The van der Waals surface area contributed by atoms with E-state index in [0.717, 1.165) is 39.3 Å². The third-order valence-electron chi connectivity index (χ3n) is 2.46. The number of nitrogens with two attached hydrogens (primary N) is 1. The summed E-state index contributed by atoms with van der Waals surface area (Å²) in [6, 6.07) is 0. The van der Waals surface area contributed by atoms with Gasteiger partial charge in [0.05, 0.1) is 0 Å². The van der Waals surface area contributed by atoms with Crippen LogP contribution in [-0.4, -0.2) is 59.1 Å². The minimum Gasteiger partial charge on any atom is -0.329 e. The predicted molar refractivity (Wildman–Crippen MR) is 70.8 cm³/mol. The Morgan fingerprint density at radius 2 is 1.67 bits per heavy atom. The third kappa shape index (κ3) is 7.93. The van der Waals surface area contributed by atoms with Crippen LogP contribution in [0.25, 0.3) is 0 Å². The van der Waals surface area contributed by atoms with Crippen molar-refractivity contribution in [2.75, 3.05) is 46.3 Å². The summed E-state index contributed by atoms with van der Waals surface area (Å²) >= 11 is 0. The van der Waals surface area contributed by atoms with Crippen molar-refractivity contribution in [2.24, 2.45) is 5.73 Å². The van der Waals surface area contributed by atoms with Gasteiger partial charge in [-0.3, -0.25) is 0 Å². The zero-order chi connectivity index (χ0) is 11.7. The molecule has 0 fully saturated rings. The molecular formula is C10H28N4Si. The number of rotatable bonds is 9. The van der Waals surface area contributed by atoms with Crippen LogP contribution in [0.5, 0.6) is 0 Å². The fourth-order valence-electron chi connectivity index (χ4n) is 1.47. The van der Waals surface area contributed by atoms with Crippen molar-refractivity contribution >= 4 is 8.24 Å². The molecule has 0 heterocycles. The summed E-state index contributed by atoms with van der Waals surface area (Å²) in [7, 11) is 0.847. The van der Waals surface area contributed by atoms with E-state index in [1.165, 1.54) is 0 Å². The first-order valence-electron chi connectivity index (χ1n) is 5.82. The molecule has 0 saturated carbocycles. The van der Waals surface area contributed by atoms with E-state index in [1.54, 1.807) is 0 Å². The Morgan fingerprint density at radius 1 is 1.07 bits per heavy atom. The maximum atomic E-state index is 5.43. The van der Waals surface area contributed by atoms with Crippen LogP contribution in [0.2, 0.25) is 19.6 Å². The summed E-state index contributed by atoms with van der Waals surface area (Å²) in [6.45, 7) is 13.2. The van der Waals surface area contributed by atoms with Crippen molar-refractivity contribution in [1.29, 1.82) is 0 Å². The summed E-state index contributed by atoms with van der Waals surface area (Å²) in [6.07, 6.45) is 0.